The van der Waals surface area contributed by atoms with Crippen molar-refractivity contribution < 1.29 is 40.3 Å². The van der Waals surface area contributed by atoms with Crippen LogP contribution in [0.3, 0.4) is 0 Å². The second kappa shape index (κ2) is 7.38. The van der Waals surface area contributed by atoms with E-state index in [9.17, 15) is 35.5 Å². The number of hydrogen-bond donors (Lipinski definition) is 2. The van der Waals surface area contributed by atoms with E-state index < -0.39 is 49.5 Å². The number of carbonyl (C=O) groups excluding carboxylic acids is 1. The van der Waals surface area contributed by atoms with E-state index in [-0.39, 0.29) is 5.69 Å². The molecular weight excluding hydrogens is 337 g/mol. The first-order chi connectivity index (χ1) is 10.5. The lowest BCUT2D eigenvalue weighted by atomic mass is 10.2. The molecule has 2 N–H and O–H groups in total. The average molecular weight is 348 g/mol. The molecule has 0 unspecified atom stereocenters. The molecule has 0 aliphatic rings. The molecule has 0 fully saturated rings. The highest BCUT2D eigenvalue weighted by Gasteiger charge is 2.29. The van der Waals surface area contributed by atoms with Gasteiger partial charge < -0.3 is 15.4 Å². The van der Waals surface area contributed by atoms with Crippen molar-refractivity contribution in [3.05, 3.63) is 24.0 Å². The first-order valence-corrected chi connectivity index (χ1v) is 6.03. The summed E-state index contributed by atoms with van der Waals surface area (Å²) in [5, 5.41) is 3.83. The molecule has 0 aromatic heterocycles. The molecular formula is C12H11F7N2O2. The molecule has 0 spiro atoms. The van der Waals surface area contributed by atoms with Crippen molar-refractivity contribution in [3.63, 3.8) is 0 Å². The van der Waals surface area contributed by atoms with Crippen molar-refractivity contribution in [2.45, 2.75) is 12.4 Å². The van der Waals surface area contributed by atoms with Gasteiger partial charge in [0, 0.05) is 6.07 Å². The van der Waals surface area contributed by atoms with Crippen LogP contribution >= 0.6 is 0 Å². The number of alkyl halides is 6. The Kier molecular flexibility index (Phi) is 6.05. The Bertz CT molecular complexity index is 543. The molecule has 0 aliphatic heterocycles. The topological polar surface area (TPSA) is 50.4 Å². The summed E-state index contributed by atoms with van der Waals surface area (Å²) in [5.74, 6) is -2.45. The SMILES string of the molecule is O=C(CNc1ccc(F)cc1OCC(F)(F)F)NCC(F)(F)F. The van der Waals surface area contributed by atoms with Gasteiger partial charge in [0.1, 0.15) is 18.1 Å². The smallest absolute Gasteiger partial charge is 0.422 e. The summed E-state index contributed by atoms with van der Waals surface area (Å²) in [5.41, 5.74) is -0.169. The number of anilines is 1. The predicted octanol–water partition coefficient (Wildman–Crippen LogP) is 2.86. The zero-order valence-corrected chi connectivity index (χ0v) is 11.3. The third kappa shape index (κ3) is 8.12. The van der Waals surface area contributed by atoms with E-state index in [1.807, 2.05) is 0 Å². The van der Waals surface area contributed by atoms with Gasteiger partial charge in [0.05, 0.1) is 12.2 Å². The molecule has 0 heterocycles. The Labute approximate surface area is 125 Å². The summed E-state index contributed by atoms with van der Waals surface area (Å²) in [7, 11) is 0. The standard InChI is InChI=1S/C12H11F7N2O2/c13-7-1-2-8(9(3-7)23-6-12(17,18)19)20-4-10(22)21-5-11(14,15)16/h1-3,20H,4-6H2,(H,21,22). The number of amides is 1. The zero-order valence-electron chi connectivity index (χ0n) is 11.3. The van der Waals surface area contributed by atoms with Crippen molar-refractivity contribution in [1.29, 1.82) is 0 Å². The maximum absolute atomic E-state index is 13.0. The highest BCUT2D eigenvalue weighted by atomic mass is 19.4. The lowest BCUT2D eigenvalue weighted by molar-refractivity contribution is -0.153. The number of hydrogen-bond acceptors (Lipinski definition) is 3. The van der Waals surface area contributed by atoms with Crippen LogP contribution in [0.4, 0.5) is 36.4 Å². The quantitative estimate of drug-likeness (QED) is 0.778. The molecule has 0 aliphatic carbocycles. The molecule has 4 nitrogen and oxygen atoms in total. The first-order valence-electron chi connectivity index (χ1n) is 6.03. The lowest BCUT2D eigenvalue weighted by Crippen LogP contribution is -2.37. The van der Waals surface area contributed by atoms with Crippen molar-refractivity contribution in [1.82, 2.24) is 5.32 Å². The van der Waals surface area contributed by atoms with Gasteiger partial charge in [-0.05, 0) is 12.1 Å². The fourth-order valence-corrected chi connectivity index (χ4v) is 1.36. The van der Waals surface area contributed by atoms with Crippen molar-refractivity contribution in [2.24, 2.45) is 0 Å². The third-order valence-electron chi connectivity index (χ3n) is 2.26. The summed E-state index contributed by atoms with van der Waals surface area (Å²) in [4.78, 5) is 11.2. The number of ether oxygens (including phenoxy) is 1. The van der Waals surface area contributed by atoms with Gasteiger partial charge in [-0.2, -0.15) is 26.3 Å². The highest BCUT2D eigenvalue weighted by molar-refractivity contribution is 5.81. The number of halogens is 7. The van der Waals surface area contributed by atoms with Gasteiger partial charge in [0.15, 0.2) is 6.61 Å². The largest absolute Gasteiger partial charge is 0.482 e. The minimum atomic E-state index is -4.66. The number of rotatable bonds is 6. The first kappa shape index (κ1) is 18.8. The summed E-state index contributed by atoms with van der Waals surface area (Å²) >= 11 is 0. The van der Waals surface area contributed by atoms with Gasteiger partial charge >= 0.3 is 12.4 Å². The molecule has 0 atom stereocenters. The molecule has 0 bridgehead atoms. The van der Waals surface area contributed by atoms with E-state index in [1.165, 1.54) is 0 Å². The Morgan fingerprint density at radius 3 is 2.30 bits per heavy atom. The predicted molar refractivity (Wildman–Crippen MR) is 65.5 cm³/mol. The van der Waals surface area contributed by atoms with Crippen LogP contribution in [-0.4, -0.2) is 38.0 Å². The van der Waals surface area contributed by atoms with Gasteiger partial charge in [-0.15, -0.1) is 0 Å². The van der Waals surface area contributed by atoms with Crippen LogP contribution in [0.2, 0.25) is 0 Å². The van der Waals surface area contributed by atoms with Crippen LogP contribution in [0, 0.1) is 5.82 Å². The van der Waals surface area contributed by atoms with Crippen LogP contribution in [0.15, 0.2) is 18.2 Å². The van der Waals surface area contributed by atoms with E-state index in [0.29, 0.717) is 6.07 Å². The van der Waals surface area contributed by atoms with Crippen molar-refractivity contribution in [2.75, 3.05) is 25.0 Å². The van der Waals surface area contributed by atoms with E-state index >= 15 is 0 Å². The van der Waals surface area contributed by atoms with E-state index in [0.717, 1.165) is 12.1 Å². The van der Waals surface area contributed by atoms with Crippen LogP contribution in [0.1, 0.15) is 0 Å². The fourth-order valence-electron chi connectivity index (χ4n) is 1.36. The molecule has 0 saturated carbocycles. The number of nitrogens with one attached hydrogen (secondary N) is 2. The molecule has 130 valence electrons. The van der Waals surface area contributed by atoms with E-state index in [4.69, 9.17) is 0 Å². The third-order valence-corrected chi connectivity index (χ3v) is 2.26. The molecule has 1 aromatic carbocycles. The Balaban J connectivity index is 2.63. The van der Waals surface area contributed by atoms with Gasteiger partial charge in [-0.1, -0.05) is 0 Å². The minimum Gasteiger partial charge on any atom is -0.482 e. The van der Waals surface area contributed by atoms with Gasteiger partial charge in [-0.3, -0.25) is 4.79 Å². The van der Waals surface area contributed by atoms with Gasteiger partial charge in [0.2, 0.25) is 5.91 Å². The minimum absolute atomic E-state index is 0.169. The molecule has 0 saturated heterocycles. The molecule has 23 heavy (non-hydrogen) atoms. The van der Waals surface area contributed by atoms with Crippen LogP contribution in [0.25, 0.3) is 0 Å². The Morgan fingerprint density at radius 1 is 1.09 bits per heavy atom. The molecule has 1 amide bonds. The lowest BCUT2D eigenvalue weighted by Gasteiger charge is -2.15. The number of benzene rings is 1. The molecule has 0 radical (unpaired) electrons. The van der Waals surface area contributed by atoms with Gasteiger partial charge in [0.25, 0.3) is 0 Å². The zero-order chi connectivity index (χ0) is 17.7. The highest BCUT2D eigenvalue weighted by Crippen LogP contribution is 2.27. The normalized spacial score (nSPS) is 12.0. The van der Waals surface area contributed by atoms with E-state index in [2.05, 4.69) is 10.1 Å². The Hall–Kier alpha value is -2.20. The summed E-state index contributed by atoms with van der Waals surface area (Å²) in [6.45, 7) is -3.90. The van der Waals surface area contributed by atoms with E-state index in [1.54, 1.807) is 5.32 Å². The van der Waals surface area contributed by atoms with Gasteiger partial charge in [-0.25, -0.2) is 4.39 Å². The maximum atomic E-state index is 13.0. The maximum Gasteiger partial charge on any atom is 0.422 e. The summed E-state index contributed by atoms with van der Waals surface area (Å²) in [6, 6.07) is 2.54. The average Bonchev–Trinajstić information content (AvgIpc) is 2.40. The van der Waals surface area contributed by atoms with Crippen molar-refractivity contribution >= 4 is 11.6 Å². The summed E-state index contributed by atoms with van der Waals surface area (Å²) < 4.78 is 89.4. The van der Waals surface area contributed by atoms with Crippen molar-refractivity contribution in [3.8, 4) is 5.75 Å². The molecule has 11 heteroatoms. The fraction of sp³-hybridized carbons (Fsp3) is 0.417. The second-order valence-corrected chi connectivity index (χ2v) is 4.29. The van der Waals surface area contributed by atoms with Crippen LogP contribution < -0.4 is 15.4 Å². The molecule has 1 aromatic rings. The second-order valence-electron chi connectivity index (χ2n) is 4.29. The summed E-state index contributed by atoms with van der Waals surface area (Å²) in [6.07, 6.45) is -9.25. The monoisotopic (exact) mass is 348 g/mol. The van der Waals surface area contributed by atoms with Crippen LogP contribution in [-0.2, 0) is 4.79 Å². The Morgan fingerprint density at radius 2 is 1.74 bits per heavy atom. The molecule has 1 rings (SSSR count). The van der Waals surface area contributed by atoms with Crippen LogP contribution in [0.5, 0.6) is 5.75 Å². The number of carbonyl (C=O) groups is 1.